The molecule has 0 radical (unpaired) electrons. The topological polar surface area (TPSA) is 55.4 Å². The number of ether oxygens (including phenoxy) is 1. The van der Waals surface area contributed by atoms with Crippen LogP contribution in [0.15, 0.2) is 53.3 Å². The fraction of sp³-hybridized carbons (Fsp3) is 0.625. The van der Waals surface area contributed by atoms with Crippen LogP contribution in [0, 0.1) is 28.6 Å². The number of benzene rings is 1. The predicted octanol–water partition coefficient (Wildman–Crippen LogP) is 7.37. The molecule has 1 saturated heterocycles. The Kier molecular flexibility index (Phi) is 7.04. The molecule has 5 aliphatic rings. The number of amides is 1. The van der Waals surface area contributed by atoms with Crippen molar-refractivity contribution in [3.8, 4) is 0 Å². The van der Waals surface area contributed by atoms with Crippen molar-refractivity contribution in [2.75, 3.05) is 18.1 Å². The van der Waals surface area contributed by atoms with E-state index in [2.05, 4.69) is 48.8 Å². The highest BCUT2D eigenvalue weighted by molar-refractivity contribution is 8.21. The molecule has 4 fully saturated rings. The summed E-state index contributed by atoms with van der Waals surface area (Å²) in [6, 6.07) is 9.34. The molecule has 4 nitrogen and oxygen atoms in total. The summed E-state index contributed by atoms with van der Waals surface area (Å²) >= 11 is 4.38. The molecule has 0 aromatic heterocycles. The number of rotatable bonds is 4. The number of hydrogen-bond acceptors (Lipinski definition) is 5. The summed E-state index contributed by atoms with van der Waals surface area (Å²) in [7, 11) is 0. The van der Waals surface area contributed by atoms with Gasteiger partial charge in [-0.05, 0) is 97.7 Å². The molecule has 5 atom stereocenters. The van der Waals surface area contributed by atoms with Crippen LogP contribution in [-0.2, 0) is 9.53 Å². The Hall–Kier alpha value is -1.66. The number of fused-ring (bicyclic) bond motifs is 5. The van der Waals surface area contributed by atoms with Crippen molar-refractivity contribution in [3.63, 3.8) is 0 Å². The Balaban J connectivity index is 1.28. The molecule has 1 amide bonds. The highest BCUT2D eigenvalue weighted by Gasteiger charge is 2.59. The lowest BCUT2D eigenvalue weighted by Gasteiger charge is -2.58. The van der Waals surface area contributed by atoms with Gasteiger partial charge in [0.1, 0.15) is 6.61 Å². The van der Waals surface area contributed by atoms with Gasteiger partial charge < -0.3 is 10.1 Å². The second-order valence-corrected chi connectivity index (χ2v) is 15.7. The van der Waals surface area contributed by atoms with Gasteiger partial charge in [-0.1, -0.05) is 43.7 Å². The molecule has 3 saturated carbocycles. The second kappa shape index (κ2) is 10.1. The van der Waals surface area contributed by atoms with E-state index in [1.807, 2.05) is 30.3 Å². The zero-order chi connectivity index (χ0) is 26.5. The van der Waals surface area contributed by atoms with Gasteiger partial charge in [0.25, 0.3) is 5.91 Å². The van der Waals surface area contributed by atoms with E-state index in [0.717, 1.165) is 30.4 Å². The molecule has 1 N–H and O–H groups in total. The van der Waals surface area contributed by atoms with Gasteiger partial charge in [-0.2, -0.15) is 0 Å². The summed E-state index contributed by atoms with van der Waals surface area (Å²) in [4.78, 5) is 24.9. The first-order valence-corrected chi connectivity index (χ1v) is 16.4. The summed E-state index contributed by atoms with van der Waals surface area (Å²) < 4.78 is 5.85. The number of carbonyl (C=O) groups is 2. The van der Waals surface area contributed by atoms with Crippen molar-refractivity contribution in [2.24, 2.45) is 28.6 Å². The monoisotopic (exact) mass is 551 g/mol. The fourth-order valence-corrected chi connectivity index (χ4v) is 12.0. The van der Waals surface area contributed by atoms with Gasteiger partial charge in [0, 0.05) is 24.0 Å². The van der Waals surface area contributed by atoms with Gasteiger partial charge in [-0.15, -0.1) is 23.5 Å². The van der Waals surface area contributed by atoms with Crippen LogP contribution in [0.1, 0.15) is 82.5 Å². The van der Waals surface area contributed by atoms with Crippen LogP contribution in [0.3, 0.4) is 0 Å². The van der Waals surface area contributed by atoms with Crippen molar-refractivity contribution >= 4 is 35.4 Å². The SMILES string of the molecule is CC(=O)OCC(NC(=O)c1ccccc1)=C1CC[C@H]2[C@@H]3CCC4=CC5(CC[C@]4(C)[C@H]3CC[C@]12C)SCCS5. The van der Waals surface area contributed by atoms with Crippen LogP contribution < -0.4 is 5.32 Å². The van der Waals surface area contributed by atoms with Crippen molar-refractivity contribution in [1.29, 1.82) is 0 Å². The summed E-state index contributed by atoms with van der Waals surface area (Å²) in [5.41, 5.74) is 4.91. The molecule has 0 unspecified atom stereocenters. The molecule has 1 aliphatic heterocycles. The number of hydrogen-bond donors (Lipinski definition) is 1. The van der Waals surface area contributed by atoms with Gasteiger partial charge in [0.2, 0.25) is 0 Å². The lowest BCUT2D eigenvalue weighted by atomic mass is 9.47. The smallest absolute Gasteiger partial charge is 0.303 e. The Morgan fingerprint density at radius 2 is 1.68 bits per heavy atom. The summed E-state index contributed by atoms with van der Waals surface area (Å²) in [5.74, 6) is 4.26. The molecule has 6 rings (SSSR count). The Bertz CT molecular complexity index is 1170. The molecule has 0 bridgehead atoms. The average molecular weight is 552 g/mol. The largest absolute Gasteiger partial charge is 0.459 e. The standard InChI is InChI=1S/C32H41NO3S2/c1-21(34)36-20-28(33-29(35)22-7-5-4-6-8-22)27-12-11-25-24-10-9-23-19-32(37-17-18-38-32)16-15-30(23,2)26(24)13-14-31(25,27)3/h4-8,19,24-26H,9-18,20H2,1-3H3,(H,33,35)/t24-,25-,26-,30-,31-/m0/s1. The Labute approximate surface area is 236 Å². The maximum Gasteiger partial charge on any atom is 0.303 e. The quantitative estimate of drug-likeness (QED) is 0.313. The van der Waals surface area contributed by atoms with Gasteiger partial charge >= 0.3 is 5.97 Å². The van der Waals surface area contributed by atoms with E-state index in [4.69, 9.17) is 4.74 Å². The van der Waals surface area contributed by atoms with Gasteiger partial charge in [0.05, 0.1) is 9.78 Å². The normalized spacial score (nSPS) is 36.5. The minimum absolute atomic E-state index is 0.0469. The molecule has 4 aliphatic carbocycles. The molecule has 1 aromatic rings. The number of allylic oxidation sites excluding steroid dienone is 2. The number of esters is 1. The fourth-order valence-electron chi connectivity index (χ4n) is 8.86. The van der Waals surface area contributed by atoms with Crippen molar-refractivity contribution < 1.29 is 14.3 Å². The van der Waals surface area contributed by atoms with E-state index < -0.39 is 0 Å². The third-order valence-electron chi connectivity index (χ3n) is 10.8. The van der Waals surface area contributed by atoms with Crippen LogP contribution in [0.4, 0.5) is 0 Å². The maximum absolute atomic E-state index is 13.2. The number of thioether (sulfide) groups is 2. The first-order valence-electron chi connectivity index (χ1n) is 14.5. The average Bonchev–Trinajstić information content (AvgIpc) is 3.51. The Morgan fingerprint density at radius 3 is 2.42 bits per heavy atom. The lowest BCUT2D eigenvalue weighted by Crippen LogP contribution is -2.50. The van der Waals surface area contributed by atoms with E-state index in [0.29, 0.717) is 21.0 Å². The summed E-state index contributed by atoms with van der Waals surface area (Å²) in [6.07, 6.45) is 12.4. The second-order valence-electron chi connectivity index (χ2n) is 12.6. The first kappa shape index (κ1) is 26.6. The number of carbonyl (C=O) groups excluding carboxylic acids is 2. The van der Waals surface area contributed by atoms with Crippen molar-refractivity contribution in [1.82, 2.24) is 5.32 Å². The van der Waals surface area contributed by atoms with Crippen LogP contribution in [-0.4, -0.2) is 34.1 Å². The molecule has 1 spiro atoms. The minimum Gasteiger partial charge on any atom is -0.459 e. The first-order chi connectivity index (χ1) is 18.2. The molecule has 38 heavy (non-hydrogen) atoms. The Morgan fingerprint density at radius 1 is 0.947 bits per heavy atom. The molecular formula is C32H41NO3S2. The predicted molar refractivity (Wildman–Crippen MR) is 157 cm³/mol. The molecule has 1 aromatic carbocycles. The van der Waals surface area contributed by atoms with Gasteiger partial charge in [-0.3, -0.25) is 9.59 Å². The molecule has 1 heterocycles. The van der Waals surface area contributed by atoms with Crippen LogP contribution in [0.5, 0.6) is 0 Å². The van der Waals surface area contributed by atoms with Crippen molar-refractivity contribution in [2.45, 2.75) is 76.2 Å². The highest BCUT2D eigenvalue weighted by atomic mass is 32.2. The zero-order valence-electron chi connectivity index (χ0n) is 23.0. The van der Waals surface area contributed by atoms with Gasteiger partial charge in [0.15, 0.2) is 0 Å². The lowest BCUT2D eigenvalue weighted by molar-refractivity contribution is -0.140. The zero-order valence-corrected chi connectivity index (χ0v) is 24.6. The van der Waals surface area contributed by atoms with Gasteiger partial charge in [-0.25, -0.2) is 0 Å². The summed E-state index contributed by atoms with van der Waals surface area (Å²) in [6.45, 7) is 6.61. The van der Waals surface area contributed by atoms with Crippen LogP contribution in [0.25, 0.3) is 0 Å². The van der Waals surface area contributed by atoms with Crippen molar-refractivity contribution in [3.05, 3.63) is 58.8 Å². The summed E-state index contributed by atoms with van der Waals surface area (Å²) in [5, 5.41) is 3.19. The third kappa shape index (κ3) is 4.48. The highest BCUT2D eigenvalue weighted by Crippen LogP contribution is 2.68. The van der Waals surface area contributed by atoms with E-state index >= 15 is 0 Å². The van der Waals surface area contributed by atoms with E-state index in [9.17, 15) is 9.59 Å². The van der Waals surface area contributed by atoms with Crippen LogP contribution in [0.2, 0.25) is 0 Å². The molecular weight excluding hydrogens is 510 g/mol. The minimum atomic E-state index is -0.311. The van der Waals surface area contributed by atoms with E-state index in [-0.39, 0.29) is 23.9 Å². The number of nitrogens with one attached hydrogen (secondary N) is 1. The van der Waals surface area contributed by atoms with Crippen LogP contribution >= 0.6 is 23.5 Å². The molecule has 204 valence electrons. The maximum atomic E-state index is 13.2. The van der Waals surface area contributed by atoms with E-state index in [1.54, 1.807) is 5.57 Å². The van der Waals surface area contributed by atoms with E-state index in [1.165, 1.54) is 62.5 Å². The molecule has 6 heteroatoms. The third-order valence-corrected chi connectivity index (χ3v) is 14.2.